The van der Waals surface area contributed by atoms with Crippen molar-refractivity contribution in [1.29, 1.82) is 0 Å². The molecule has 0 spiro atoms. The van der Waals surface area contributed by atoms with Crippen LogP contribution in [-0.2, 0) is 0 Å². The number of aliphatic hydroxyl groups is 1. The lowest BCUT2D eigenvalue weighted by atomic mass is 10.1. The van der Waals surface area contributed by atoms with E-state index in [4.69, 9.17) is 5.11 Å². The van der Waals surface area contributed by atoms with Gasteiger partial charge in [-0.3, -0.25) is 5.10 Å². The van der Waals surface area contributed by atoms with Gasteiger partial charge < -0.3 is 5.11 Å². The van der Waals surface area contributed by atoms with Crippen LogP contribution in [0.15, 0.2) is 36.4 Å². The third-order valence-corrected chi connectivity index (χ3v) is 2.22. The highest BCUT2D eigenvalue weighted by Gasteiger charge is 2.21. The summed E-state index contributed by atoms with van der Waals surface area (Å²) in [6, 6.07) is 10.6. The highest BCUT2D eigenvalue weighted by Crippen LogP contribution is 2.23. The number of hydrogen-bond donors (Lipinski definition) is 2. The SMILES string of the molecule is OC(c1cc(-c2ccccc2)n[nH]1)C(F)F. The smallest absolute Gasteiger partial charge is 0.269 e. The Morgan fingerprint density at radius 1 is 1.19 bits per heavy atom. The molecular weight excluding hydrogens is 214 g/mol. The third kappa shape index (κ3) is 2.09. The number of hydrogen-bond acceptors (Lipinski definition) is 2. The Morgan fingerprint density at radius 3 is 2.50 bits per heavy atom. The minimum atomic E-state index is -2.82. The van der Waals surface area contributed by atoms with E-state index in [0.717, 1.165) is 5.56 Å². The first-order chi connectivity index (χ1) is 7.68. The molecule has 0 aliphatic carbocycles. The van der Waals surface area contributed by atoms with Crippen LogP contribution in [0.2, 0.25) is 0 Å². The minimum absolute atomic E-state index is 0.0221. The van der Waals surface area contributed by atoms with Gasteiger partial charge in [0.05, 0.1) is 11.4 Å². The number of benzene rings is 1. The molecule has 1 unspecified atom stereocenters. The van der Waals surface area contributed by atoms with Crippen molar-refractivity contribution in [2.45, 2.75) is 12.5 Å². The van der Waals surface area contributed by atoms with Crippen molar-refractivity contribution in [3.8, 4) is 11.3 Å². The van der Waals surface area contributed by atoms with Crippen LogP contribution in [0.4, 0.5) is 8.78 Å². The summed E-state index contributed by atoms with van der Waals surface area (Å²) in [5, 5.41) is 15.4. The van der Waals surface area contributed by atoms with Gasteiger partial charge in [0.25, 0.3) is 6.43 Å². The Balaban J connectivity index is 2.27. The number of alkyl halides is 2. The first-order valence-electron chi connectivity index (χ1n) is 4.75. The summed E-state index contributed by atoms with van der Waals surface area (Å²) in [5.41, 5.74) is 1.37. The summed E-state index contributed by atoms with van der Waals surface area (Å²) in [4.78, 5) is 0. The molecule has 1 heterocycles. The number of nitrogens with one attached hydrogen (secondary N) is 1. The van der Waals surface area contributed by atoms with Gasteiger partial charge in [-0.2, -0.15) is 5.10 Å². The van der Waals surface area contributed by atoms with Crippen molar-refractivity contribution in [1.82, 2.24) is 10.2 Å². The summed E-state index contributed by atoms with van der Waals surface area (Å²) in [5.74, 6) is 0. The molecule has 0 saturated carbocycles. The Morgan fingerprint density at radius 2 is 1.88 bits per heavy atom. The summed E-state index contributed by atoms with van der Waals surface area (Å²) >= 11 is 0. The molecule has 3 nitrogen and oxygen atoms in total. The summed E-state index contributed by atoms with van der Waals surface area (Å²) in [6.45, 7) is 0. The first kappa shape index (κ1) is 10.8. The van der Waals surface area contributed by atoms with E-state index < -0.39 is 12.5 Å². The number of aliphatic hydroxyl groups excluding tert-OH is 1. The van der Waals surface area contributed by atoms with E-state index in [1.807, 2.05) is 30.3 Å². The van der Waals surface area contributed by atoms with Crippen molar-refractivity contribution in [2.75, 3.05) is 0 Å². The van der Waals surface area contributed by atoms with Crippen LogP contribution in [0, 0.1) is 0 Å². The average molecular weight is 224 g/mol. The number of rotatable bonds is 3. The average Bonchev–Trinajstić information content (AvgIpc) is 2.78. The fourth-order valence-electron chi connectivity index (χ4n) is 1.38. The molecule has 84 valence electrons. The Kier molecular flexibility index (Phi) is 2.96. The lowest BCUT2D eigenvalue weighted by Gasteiger charge is -2.04. The molecular formula is C11H10F2N2O. The van der Waals surface area contributed by atoms with Gasteiger partial charge in [0, 0.05) is 5.56 Å². The number of halogens is 2. The molecule has 0 aliphatic heterocycles. The Bertz CT molecular complexity index is 456. The molecule has 0 saturated heterocycles. The monoisotopic (exact) mass is 224 g/mol. The van der Waals surface area contributed by atoms with Gasteiger partial charge in [0.1, 0.15) is 0 Å². The van der Waals surface area contributed by atoms with E-state index in [9.17, 15) is 8.78 Å². The van der Waals surface area contributed by atoms with Crippen molar-refractivity contribution < 1.29 is 13.9 Å². The first-order valence-corrected chi connectivity index (χ1v) is 4.75. The molecule has 0 bridgehead atoms. The second-order valence-corrected chi connectivity index (χ2v) is 3.35. The molecule has 0 fully saturated rings. The van der Waals surface area contributed by atoms with Gasteiger partial charge in [0.2, 0.25) is 0 Å². The maximum atomic E-state index is 12.2. The van der Waals surface area contributed by atoms with E-state index in [1.54, 1.807) is 0 Å². The number of aromatic amines is 1. The molecule has 2 N–H and O–H groups in total. The second-order valence-electron chi connectivity index (χ2n) is 3.35. The third-order valence-electron chi connectivity index (χ3n) is 2.22. The predicted octanol–water partition coefficient (Wildman–Crippen LogP) is 2.38. The lowest BCUT2D eigenvalue weighted by Crippen LogP contribution is -2.08. The fraction of sp³-hybridized carbons (Fsp3) is 0.182. The van der Waals surface area contributed by atoms with Gasteiger partial charge in [-0.15, -0.1) is 0 Å². The van der Waals surface area contributed by atoms with E-state index in [-0.39, 0.29) is 5.69 Å². The van der Waals surface area contributed by atoms with Gasteiger partial charge >= 0.3 is 0 Å². The predicted molar refractivity (Wildman–Crippen MR) is 55.0 cm³/mol. The molecule has 0 radical (unpaired) electrons. The largest absolute Gasteiger partial charge is 0.381 e. The minimum Gasteiger partial charge on any atom is -0.381 e. The zero-order chi connectivity index (χ0) is 11.5. The van der Waals surface area contributed by atoms with Gasteiger partial charge in [-0.05, 0) is 6.07 Å². The topological polar surface area (TPSA) is 48.9 Å². The molecule has 0 amide bonds. The molecule has 0 aliphatic rings. The molecule has 1 atom stereocenters. The van der Waals surface area contributed by atoms with Crippen LogP contribution in [0.1, 0.15) is 11.8 Å². The van der Waals surface area contributed by atoms with E-state index >= 15 is 0 Å². The Labute approximate surface area is 90.7 Å². The summed E-state index contributed by atoms with van der Waals surface area (Å²) < 4.78 is 24.5. The van der Waals surface area contributed by atoms with Gasteiger partial charge in [-0.1, -0.05) is 30.3 Å². The molecule has 1 aromatic heterocycles. The molecule has 16 heavy (non-hydrogen) atoms. The van der Waals surface area contributed by atoms with Crippen LogP contribution in [0.3, 0.4) is 0 Å². The normalized spacial score (nSPS) is 13.0. The number of aromatic nitrogens is 2. The lowest BCUT2D eigenvalue weighted by molar-refractivity contribution is -0.00822. The molecule has 1 aromatic carbocycles. The highest BCUT2D eigenvalue weighted by molar-refractivity contribution is 5.58. The second kappa shape index (κ2) is 4.40. The van der Waals surface area contributed by atoms with Crippen LogP contribution in [-0.4, -0.2) is 21.7 Å². The van der Waals surface area contributed by atoms with Crippen molar-refractivity contribution in [3.63, 3.8) is 0 Å². The van der Waals surface area contributed by atoms with Crippen molar-refractivity contribution in [3.05, 3.63) is 42.1 Å². The number of nitrogens with zero attached hydrogens (tertiary/aromatic N) is 1. The summed E-state index contributed by atoms with van der Waals surface area (Å²) in [6.07, 6.45) is -4.63. The molecule has 5 heteroatoms. The number of H-pyrrole nitrogens is 1. The zero-order valence-electron chi connectivity index (χ0n) is 8.27. The van der Waals surface area contributed by atoms with Gasteiger partial charge in [0.15, 0.2) is 6.10 Å². The van der Waals surface area contributed by atoms with Crippen LogP contribution < -0.4 is 0 Å². The molecule has 2 aromatic rings. The van der Waals surface area contributed by atoms with Crippen LogP contribution in [0.5, 0.6) is 0 Å². The standard InChI is InChI=1S/C11H10F2N2O/c12-11(13)10(16)9-6-8(14-15-9)7-4-2-1-3-5-7/h1-6,10-11,16H,(H,14,15). The Hall–Kier alpha value is -1.75. The van der Waals surface area contributed by atoms with Crippen LogP contribution >= 0.6 is 0 Å². The fourth-order valence-corrected chi connectivity index (χ4v) is 1.38. The summed E-state index contributed by atoms with van der Waals surface area (Å²) in [7, 11) is 0. The molecule has 2 rings (SSSR count). The van der Waals surface area contributed by atoms with Crippen molar-refractivity contribution >= 4 is 0 Å². The van der Waals surface area contributed by atoms with Crippen LogP contribution in [0.25, 0.3) is 11.3 Å². The van der Waals surface area contributed by atoms with Crippen molar-refractivity contribution in [2.24, 2.45) is 0 Å². The van der Waals surface area contributed by atoms with E-state index in [0.29, 0.717) is 5.69 Å². The van der Waals surface area contributed by atoms with E-state index in [2.05, 4.69) is 10.2 Å². The zero-order valence-corrected chi connectivity index (χ0v) is 8.27. The highest BCUT2D eigenvalue weighted by atomic mass is 19.3. The maximum Gasteiger partial charge on any atom is 0.269 e. The van der Waals surface area contributed by atoms with Gasteiger partial charge in [-0.25, -0.2) is 8.78 Å². The maximum absolute atomic E-state index is 12.2. The van der Waals surface area contributed by atoms with E-state index in [1.165, 1.54) is 6.07 Å². The quantitative estimate of drug-likeness (QED) is 0.840.